The largest absolute Gasteiger partial charge is 0.431 e. The van der Waals surface area contributed by atoms with Crippen LogP contribution in [0.5, 0.6) is 0 Å². The molecular formula is C17H15N3O3S. The van der Waals surface area contributed by atoms with Crippen molar-refractivity contribution < 1.29 is 14.0 Å². The second-order valence-electron chi connectivity index (χ2n) is 5.04. The summed E-state index contributed by atoms with van der Waals surface area (Å²) in [5.41, 5.74) is 7.73. The molecule has 3 rings (SSSR count). The number of carbonyl (C=O) groups excluding carboxylic acids is 2. The van der Waals surface area contributed by atoms with Crippen LogP contribution in [0.25, 0.3) is 11.1 Å². The van der Waals surface area contributed by atoms with Gasteiger partial charge in [0.1, 0.15) is 5.52 Å². The quantitative estimate of drug-likeness (QED) is 0.672. The molecular weight excluding hydrogens is 326 g/mol. The molecule has 0 radical (unpaired) electrons. The van der Waals surface area contributed by atoms with E-state index in [1.54, 1.807) is 24.3 Å². The maximum atomic E-state index is 11.9. The van der Waals surface area contributed by atoms with E-state index < -0.39 is 5.91 Å². The fourth-order valence-corrected chi connectivity index (χ4v) is 2.86. The lowest BCUT2D eigenvalue weighted by Gasteiger charge is -2.05. The van der Waals surface area contributed by atoms with Crippen LogP contribution >= 0.6 is 11.8 Å². The standard InChI is InChI=1S/C17H15N3O3S/c18-16(22)11-5-7-12(8-6-11)19-15(21)9-10-24-17-20-13-3-1-2-4-14(13)23-17/h1-8H,9-10H2,(H2,18,22)(H,19,21). The van der Waals surface area contributed by atoms with Gasteiger partial charge in [-0.25, -0.2) is 4.98 Å². The average molecular weight is 341 g/mol. The Morgan fingerprint density at radius 1 is 1.12 bits per heavy atom. The van der Waals surface area contributed by atoms with Gasteiger partial charge in [-0.2, -0.15) is 0 Å². The first kappa shape index (κ1) is 16.1. The number of hydrogen-bond acceptors (Lipinski definition) is 5. The molecule has 0 saturated heterocycles. The number of benzene rings is 2. The molecule has 0 aliphatic rings. The van der Waals surface area contributed by atoms with Crippen LogP contribution in [-0.2, 0) is 4.79 Å². The molecule has 0 atom stereocenters. The normalized spacial score (nSPS) is 10.7. The van der Waals surface area contributed by atoms with Gasteiger partial charge in [-0.1, -0.05) is 23.9 Å². The Hall–Kier alpha value is -2.80. The number of nitrogens with one attached hydrogen (secondary N) is 1. The van der Waals surface area contributed by atoms with E-state index in [2.05, 4.69) is 10.3 Å². The summed E-state index contributed by atoms with van der Waals surface area (Å²) in [5.74, 6) is -0.0640. The number of fused-ring (bicyclic) bond motifs is 1. The van der Waals surface area contributed by atoms with Crippen LogP contribution < -0.4 is 11.1 Å². The molecule has 7 heteroatoms. The Labute approximate surface area is 142 Å². The van der Waals surface area contributed by atoms with Crippen LogP contribution in [0.15, 0.2) is 58.2 Å². The van der Waals surface area contributed by atoms with Gasteiger partial charge in [0.2, 0.25) is 11.8 Å². The molecule has 0 aliphatic carbocycles. The number of aromatic nitrogens is 1. The first-order chi connectivity index (χ1) is 11.6. The second-order valence-corrected chi connectivity index (χ2v) is 6.08. The van der Waals surface area contributed by atoms with Gasteiger partial charge in [-0.05, 0) is 36.4 Å². The molecule has 2 amide bonds. The lowest BCUT2D eigenvalue weighted by Crippen LogP contribution is -2.13. The van der Waals surface area contributed by atoms with E-state index >= 15 is 0 Å². The van der Waals surface area contributed by atoms with Crippen LogP contribution in [-0.4, -0.2) is 22.6 Å². The predicted molar refractivity (Wildman–Crippen MR) is 92.9 cm³/mol. The van der Waals surface area contributed by atoms with E-state index in [1.807, 2.05) is 24.3 Å². The van der Waals surface area contributed by atoms with Gasteiger partial charge in [-0.15, -0.1) is 0 Å². The Morgan fingerprint density at radius 2 is 1.88 bits per heavy atom. The van der Waals surface area contributed by atoms with Crippen molar-refractivity contribution in [1.82, 2.24) is 4.98 Å². The van der Waals surface area contributed by atoms with Gasteiger partial charge < -0.3 is 15.5 Å². The summed E-state index contributed by atoms with van der Waals surface area (Å²) < 4.78 is 5.58. The Morgan fingerprint density at radius 3 is 2.58 bits per heavy atom. The van der Waals surface area contributed by atoms with Crippen molar-refractivity contribution in [3.05, 3.63) is 54.1 Å². The van der Waals surface area contributed by atoms with Gasteiger partial charge in [0.05, 0.1) is 0 Å². The van der Waals surface area contributed by atoms with E-state index in [0.717, 1.165) is 11.1 Å². The molecule has 122 valence electrons. The molecule has 0 saturated carbocycles. The van der Waals surface area contributed by atoms with Crippen molar-refractivity contribution in [3.63, 3.8) is 0 Å². The number of amides is 2. The number of hydrogen-bond donors (Lipinski definition) is 2. The maximum absolute atomic E-state index is 11.9. The van der Waals surface area contributed by atoms with Crippen molar-refractivity contribution in [2.75, 3.05) is 11.1 Å². The fourth-order valence-electron chi connectivity index (χ4n) is 2.09. The van der Waals surface area contributed by atoms with Crippen molar-refractivity contribution in [1.29, 1.82) is 0 Å². The molecule has 2 aromatic carbocycles. The van der Waals surface area contributed by atoms with Crippen molar-refractivity contribution in [2.45, 2.75) is 11.6 Å². The number of nitrogens with two attached hydrogens (primary N) is 1. The average Bonchev–Trinajstić information content (AvgIpc) is 2.98. The summed E-state index contributed by atoms with van der Waals surface area (Å²) in [5, 5.41) is 3.32. The lowest BCUT2D eigenvalue weighted by atomic mass is 10.2. The maximum Gasteiger partial charge on any atom is 0.256 e. The number of para-hydroxylation sites is 2. The lowest BCUT2D eigenvalue weighted by molar-refractivity contribution is -0.115. The van der Waals surface area contributed by atoms with Gasteiger partial charge in [-0.3, -0.25) is 9.59 Å². The van der Waals surface area contributed by atoms with E-state index in [0.29, 0.717) is 28.6 Å². The number of oxazole rings is 1. The first-order valence-electron chi connectivity index (χ1n) is 7.30. The third-order valence-electron chi connectivity index (χ3n) is 3.28. The number of primary amides is 1. The van der Waals surface area contributed by atoms with Crippen molar-refractivity contribution in [3.8, 4) is 0 Å². The molecule has 0 spiro atoms. The van der Waals surface area contributed by atoms with Crippen molar-refractivity contribution >= 4 is 40.4 Å². The molecule has 0 fully saturated rings. The minimum Gasteiger partial charge on any atom is -0.431 e. The molecule has 6 nitrogen and oxygen atoms in total. The summed E-state index contributed by atoms with van der Waals surface area (Å²) in [7, 11) is 0. The second kappa shape index (κ2) is 7.18. The summed E-state index contributed by atoms with van der Waals surface area (Å²) in [4.78, 5) is 27.3. The zero-order valence-corrected chi connectivity index (χ0v) is 13.5. The molecule has 0 unspecified atom stereocenters. The minimum absolute atomic E-state index is 0.120. The highest BCUT2D eigenvalue weighted by molar-refractivity contribution is 7.99. The highest BCUT2D eigenvalue weighted by Crippen LogP contribution is 2.23. The molecule has 3 aromatic rings. The monoisotopic (exact) mass is 341 g/mol. The van der Waals surface area contributed by atoms with Gasteiger partial charge in [0.25, 0.3) is 5.22 Å². The molecule has 1 heterocycles. The third-order valence-corrected chi connectivity index (χ3v) is 4.11. The molecule has 1 aromatic heterocycles. The predicted octanol–water partition coefficient (Wildman–Crippen LogP) is 3.05. The number of anilines is 1. The van der Waals surface area contributed by atoms with Crippen LogP contribution in [0, 0.1) is 0 Å². The third kappa shape index (κ3) is 3.94. The number of rotatable bonds is 6. The topological polar surface area (TPSA) is 98.2 Å². The Bertz CT molecular complexity index is 841. The van der Waals surface area contributed by atoms with Crippen LogP contribution in [0.1, 0.15) is 16.8 Å². The Kier molecular flexibility index (Phi) is 4.81. The van der Waals surface area contributed by atoms with Gasteiger partial charge in [0.15, 0.2) is 5.58 Å². The summed E-state index contributed by atoms with van der Waals surface area (Å²) in [6.45, 7) is 0. The fraction of sp³-hybridized carbons (Fsp3) is 0.118. The summed E-state index contributed by atoms with van der Waals surface area (Å²) in [6, 6.07) is 14.0. The summed E-state index contributed by atoms with van der Waals surface area (Å²) in [6.07, 6.45) is 0.320. The van der Waals surface area contributed by atoms with Crippen molar-refractivity contribution in [2.24, 2.45) is 5.73 Å². The molecule has 0 bridgehead atoms. The van der Waals surface area contributed by atoms with Gasteiger partial charge >= 0.3 is 0 Å². The minimum atomic E-state index is -0.498. The van der Waals surface area contributed by atoms with Gasteiger partial charge in [0, 0.05) is 23.4 Å². The van der Waals surface area contributed by atoms with E-state index in [-0.39, 0.29) is 5.91 Å². The Balaban J connectivity index is 1.49. The van der Waals surface area contributed by atoms with Crippen LogP contribution in [0.2, 0.25) is 0 Å². The van der Waals surface area contributed by atoms with E-state index in [4.69, 9.17) is 10.2 Å². The van der Waals surface area contributed by atoms with Crippen LogP contribution in [0.4, 0.5) is 5.69 Å². The number of thioether (sulfide) groups is 1. The molecule has 0 aliphatic heterocycles. The zero-order valence-electron chi connectivity index (χ0n) is 12.7. The molecule has 24 heavy (non-hydrogen) atoms. The molecule has 3 N–H and O–H groups in total. The highest BCUT2D eigenvalue weighted by atomic mass is 32.2. The zero-order chi connectivity index (χ0) is 16.9. The number of carbonyl (C=O) groups is 2. The van der Waals surface area contributed by atoms with E-state index in [9.17, 15) is 9.59 Å². The summed E-state index contributed by atoms with van der Waals surface area (Å²) >= 11 is 1.39. The smallest absolute Gasteiger partial charge is 0.256 e. The highest BCUT2D eigenvalue weighted by Gasteiger charge is 2.08. The first-order valence-corrected chi connectivity index (χ1v) is 8.28. The van der Waals surface area contributed by atoms with Crippen LogP contribution in [0.3, 0.4) is 0 Å². The van der Waals surface area contributed by atoms with E-state index in [1.165, 1.54) is 11.8 Å². The SMILES string of the molecule is NC(=O)c1ccc(NC(=O)CCSc2nc3ccccc3o2)cc1. The number of nitrogens with zero attached hydrogens (tertiary/aromatic N) is 1.